The molecule has 0 bridgehead atoms. The van der Waals surface area contributed by atoms with Crippen LogP contribution in [0.15, 0.2) is 42.5 Å². The molecule has 0 spiro atoms. The van der Waals surface area contributed by atoms with Crippen LogP contribution >= 0.6 is 23.2 Å². The topological polar surface area (TPSA) is 12.0 Å². The van der Waals surface area contributed by atoms with Crippen LogP contribution in [0.2, 0.25) is 10.0 Å². The van der Waals surface area contributed by atoms with Gasteiger partial charge in [-0.3, -0.25) is 0 Å². The zero-order valence-corrected chi connectivity index (χ0v) is 12.0. The molecular formula is C15H14Cl2FN. The second kappa shape index (κ2) is 6.38. The molecule has 19 heavy (non-hydrogen) atoms. The van der Waals surface area contributed by atoms with Gasteiger partial charge in [0.05, 0.1) is 0 Å². The lowest BCUT2D eigenvalue weighted by atomic mass is 10.1. The zero-order valence-electron chi connectivity index (χ0n) is 10.5. The van der Waals surface area contributed by atoms with E-state index in [4.69, 9.17) is 23.2 Å². The minimum atomic E-state index is -0.277. The van der Waals surface area contributed by atoms with E-state index in [0.717, 1.165) is 11.1 Å². The number of hydrogen-bond donors (Lipinski definition) is 1. The number of benzene rings is 2. The third kappa shape index (κ3) is 3.93. The molecule has 2 aromatic rings. The second-order valence-corrected chi connectivity index (χ2v) is 5.23. The highest BCUT2D eigenvalue weighted by Crippen LogP contribution is 2.20. The summed E-state index contributed by atoms with van der Waals surface area (Å²) in [6.45, 7) is 2.55. The van der Waals surface area contributed by atoms with E-state index >= 15 is 0 Å². The van der Waals surface area contributed by atoms with Gasteiger partial charge in [0, 0.05) is 22.6 Å². The monoisotopic (exact) mass is 297 g/mol. The Morgan fingerprint density at radius 1 is 1.11 bits per heavy atom. The van der Waals surface area contributed by atoms with E-state index in [1.807, 2.05) is 31.2 Å². The number of halogens is 3. The van der Waals surface area contributed by atoms with E-state index in [0.29, 0.717) is 16.6 Å². The van der Waals surface area contributed by atoms with E-state index in [1.54, 1.807) is 6.07 Å². The molecule has 0 aliphatic rings. The van der Waals surface area contributed by atoms with E-state index in [9.17, 15) is 4.39 Å². The Balaban J connectivity index is 2.02. The Labute approximate surface area is 122 Å². The predicted octanol–water partition coefficient (Wildman–Crippen LogP) is 4.98. The third-order valence-corrected chi connectivity index (χ3v) is 3.60. The summed E-state index contributed by atoms with van der Waals surface area (Å²) in [6, 6.07) is 12.1. The van der Waals surface area contributed by atoms with Crippen molar-refractivity contribution in [2.24, 2.45) is 0 Å². The molecule has 2 rings (SSSR count). The highest BCUT2D eigenvalue weighted by molar-refractivity contribution is 6.31. The molecule has 0 aliphatic heterocycles. The number of hydrogen-bond acceptors (Lipinski definition) is 1. The lowest BCUT2D eigenvalue weighted by Gasteiger charge is -2.15. The molecule has 0 radical (unpaired) electrons. The van der Waals surface area contributed by atoms with Crippen molar-refractivity contribution in [3.63, 3.8) is 0 Å². The van der Waals surface area contributed by atoms with Crippen molar-refractivity contribution in [1.29, 1.82) is 0 Å². The molecule has 2 aromatic carbocycles. The van der Waals surface area contributed by atoms with Crippen molar-refractivity contribution < 1.29 is 4.39 Å². The summed E-state index contributed by atoms with van der Waals surface area (Å²) in [5.74, 6) is -0.277. The maximum atomic E-state index is 13.1. The summed E-state index contributed by atoms with van der Waals surface area (Å²) < 4.78 is 13.1. The van der Waals surface area contributed by atoms with Crippen LogP contribution in [0.1, 0.15) is 24.1 Å². The highest BCUT2D eigenvalue weighted by Gasteiger charge is 2.07. The molecule has 1 N–H and O–H groups in total. The van der Waals surface area contributed by atoms with E-state index in [2.05, 4.69) is 5.32 Å². The van der Waals surface area contributed by atoms with Gasteiger partial charge in [-0.05, 0) is 48.4 Å². The van der Waals surface area contributed by atoms with Crippen LogP contribution in [0.5, 0.6) is 0 Å². The van der Waals surface area contributed by atoms with Crippen LogP contribution in [0, 0.1) is 5.82 Å². The summed E-state index contributed by atoms with van der Waals surface area (Å²) in [4.78, 5) is 0. The van der Waals surface area contributed by atoms with Crippen LogP contribution in [0.25, 0.3) is 0 Å². The fraction of sp³-hybridized carbons (Fsp3) is 0.200. The van der Waals surface area contributed by atoms with Crippen molar-refractivity contribution in [2.45, 2.75) is 19.5 Å². The highest BCUT2D eigenvalue weighted by atomic mass is 35.5. The molecular weight excluding hydrogens is 284 g/mol. The minimum absolute atomic E-state index is 0.136. The molecule has 0 heterocycles. The fourth-order valence-corrected chi connectivity index (χ4v) is 2.12. The summed E-state index contributed by atoms with van der Waals surface area (Å²) >= 11 is 11.9. The molecule has 0 saturated heterocycles. The molecule has 4 heteroatoms. The van der Waals surface area contributed by atoms with Crippen molar-refractivity contribution in [2.75, 3.05) is 0 Å². The quantitative estimate of drug-likeness (QED) is 0.839. The van der Waals surface area contributed by atoms with Gasteiger partial charge < -0.3 is 5.32 Å². The molecule has 1 atom stereocenters. The Morgan fingerprint density at radius 2 is 1.79 bits per heavy atom. The van der Waals surface area contributed by atoms with Crippen LogP contribution < -0.4 is 5.32 Å². The lowest BCUT2D eigenvalue weighted by Crippen LogP contribution is -2.18. The van der Waals surface area contributed by atoms with Crippen LogP contribution in [-0.4, -0.2) is 0 Å². The number of rotatable bonds is 4. The summed E-state index contributed by atoms with van der Waals surface area (Å²) in [7, 11) is 0. The SMILES string of the molecule is CC(NCc1cc(F)ccc1Cl)c1ccc(Cl)cc1. The molecule has 100 valence electrons. The lowest BCUT2D eigenvalue weighted by molar-refractivity contribution is 0.569. The molecule has 0 fully saturated rings. The Hall–Kier alpha value is -1.09. The van der Waals surface area contributed by atoms with Gasteiger partial charge in [0.15, 0.2) is 0 Å². The average Bonchev–Trinajstić information content (AvgIpc) is 2.40. The second-order valence-electron chi connectivity index (χ2n) is 4.39. The molecule has 1 unspecified atom stereocenters. The Kier molecular flexibility index (Phi) is 4.81. The first kappa shape index (κ1) is 14.3. The Morgan fingerprint density at radius 3 is 2.47 bits per heavy atom. The summed E-state index contributed by atoms with van der Waals surface area (Å²) in [5, 5.41) is 4.59. The molecule has 0 aromatic heterocycles. The minimum Gasteiger partial charge on any atom is -0.306 e. The normalized spacial score (nSPS) is 12.4. The standard InChI is InChI=1S/C15H14Cl2FN/c1-10(11-2-4-13(16)5-3-11)19-9-12-8-14(18)6-7-15(12)17/h2-8,10,19H,9H2,1H3. The van der Waals surface area contributed by atoms with Gasteiger partial charge in [-0.15, -0.1) is 0 Å². The average molecular weight is 298 g/mol. The zero-order chi connectivity index (χ0) is 13.8. The smallest absolute Gasteiger partial charge is 0.123 e. The molecule has 0 amide bonds. The predicted molar refractivity (Wildman–Crippen MR) is 78.1 cm³/mol. The maximum Gasteiger partial charge on any atom is 0.123 e. The van der Waals surface area contributed by atoms with Crippen molar-refractivity contribution in [3.8, 4) is 0 Å². The van der Waals surface area contributed by atoms with Crippen LogP contribution in [0.4, 0.5) is 4.39 Å². The first-order valence-electron chi connectivity index (χ1n) is 5.99. The van der Waals surface area contributed by atoms with Crippen molar-refractivity contribution in [1.82, 2.24) is 5.32 Å². The summed E-state index contributed by atoms with van der Waals surface area (Å²) in [6.07, 6.45) is 0. The first-order chi connectivity index (χ1) is 9.06. The largest absolute Gasteiger partial charge is 0.306 e. The van der Waals surface area contributed by atoms with Crippen LogP contribution in [0.3, 0.4) is 0 Å². The van der Waals surface area contributed by atoms with Crippen molar-refractivity contribution >= 4 is 23.2 Å². The molecule has 0 aliphatic carbocycles. The molecule has 0 saturated carbocycles. The summed E-state index contributed by atoms with van der Waals surface area (Å²) in [5.41, 5.74) is 1.87. The maximum absolute atomic E-state index is 13.1. The van der Waals surface area contributed by atoms with E-state index in [-0.39, 0.29) is 11.9 Å². The van der Waals surface area contributed by atoms with E-state index < -0.39 is 0 Å². The molecule has 1 nitrogen and oxygen atoms in total. The third-order valence-electron chi connectivity index (χ3n) is 2.98. The first-order valence-corrected chi connectivity index (χ1v) is 6.74. The fourth-order valence-electron chi connectivity index (χ4n) is 1.81. The van der Waals surface area contributed by atoms with Gasteiger partial charge in [-0.1, -0.05) is 35.3 Å². The van der Waals surface area contributed by atoms with E-state index in [1.165, 1.54) is 12.1 Å². The number of nitrogens with one attached hydrogen (secondary N) is 1. The van der Waals surface area contributed by atoms with Gasteiger partial charge in [0.1, 0.15) is 5.82 Å². The van der Waals surface area contributed by atoms with Gasteiger partial charge >= 0.3 is 0 Å². The van der Waals surface area contributed by atoms with Gasteiger partial charge in [0.25, 0.3) is 0 Å². The van der Waals surface area contributed by atoms with Crippen molar-refractivity contribution in [3.05, 3.63) is 69.5 Å². The van der Waals surface area contributed by atoms with Gasteiger partial charge in [-0.25, -0.2) is 4.39 Å². The Bertz CT molecular complexity index is 555. The van der Waals surface area contributed by atoms with Gasteiger partial charge in [-0.2, -0.15) is 0 Å². The van der Waals surface area contributed by atoms with Crippen LogP contribution in [-0.2, 0) is 6.54 Å². The van der Waals surface area contributed by atoms with Gasteiger partial charge in [0.2, 0.25) is 0 Å².